The average molecular weight is 330 g/mol. The van der Waals surface area contributed by atoms with Crippen LogP contribution in [0, 0.1) is 11.8 Å². The van der Waals surface area contributed by atoms with Crippen LogP contribution in [0.3, 0.4) is 0 Å². The van der Waals surface area contributed by atoms with Crippen LogP contribution >= 0.6 is 0 Å². The molecule has 4 nitrogen and oxygen atoms in total. The fraction of sp³-hybridized carbons (Fsp3) is 0.333. The Labute approximate surface area is 148 Å². The molecule has 3 aromatic rings. The molecule has 4 heteroatoms. The first kappa shape index (κ1) is 14.8. The van der Waals surface area contributed by atoms with Gasteiger partial charge in [-0.25, -0.2) is 4.98 Å². The summed E-state index contributed by atoms with van der Waals surface area (Å²) in [5.41, 5.74) is 3.84. The summed E-state index contributed by atoms with van der Waals surface area (Å²) in [6, 6.07) is 14.8. The Bertz CT molecular complexity index is 856. The van der Waals surface area contributed by atoms with Crippen molar-refractivity contribution >= 4 is 0 Å². The fourth-order valence-corrected chi connectivity index (χ4v) is 4.44. The molecular formula is C21H22N4. The molecule has 0 saturated carbocycles. The summed E-state index contributed by atoms with van der Waals surface area (Å²) in [5, 5.41) is 0. The monoisotopic (exact) mass is 330 g/mol. The Morgan fingerprint density at radius 2 is 1.80 bits per heavy atom. The van der Waals surface area contributed by atoms with Gasteiger partial charge < -0.3 is 4.57 Å². The molecule has 25 heavy (non-hydrogen) atoms. The van der Waals surface area contributed by atoms with E-state index in [4.69, 9.17) is 4.98 Å². The van der Waals surface area contributed by atoms with Gasteiger partial charge in [0.15, 0.2) is 0 Å². The van der Waals surface area contributed by atoms with E-state index >= 15 is 0 Å². The Morgan fingerprint density at radius 1 is 0.920 bits per heavy atom. The van der Waals surface area contributed by atoms with Gasteiger partial charge in [0.2, 0.25) is 0 Å². The van der Waals surface area contributed by atoms with Crippen molar-refractivity contribution in [3.63, 3.8) is 0 Å². The van der Waals surface area contributed by atoms with Gasteiger partial charge in [-0.05, 0) is 29.0 Å². The molecule has 1 saturated heterocycles. The van der Waals surface area contributed by atoms with Crippen molar-refractivity contribution in [2.75, 3.05) is 13.1 Å². The first-order valence-electron chi connectivity index (χ1n) is 9.08. The zero-order valence-corrected chi connectivity index (χ0v) is 14.3. The third kappa shape index (κ3) is 2.76. The minimum Gasteiger partial charge on any atom is -0.328 e. The molecule has 0 radical (unpaired) electrons. The molecule has 2 atom stereocenters. The molecular weight excluding hydrogens is 308 g/mol. The second kappa shape index (κ2) is 6.12. The van der Waals surface area contributed by atoms with E-state index in [1.807, 2.05) is 18.5 Å². The van der Waals surface area contributed by atoms with Crippen LogP contribution in [0.15, 0.2) is 61.1 Å². The van der Waals surface area contributed by atoms with Crippen LogP contribution in [0.2, 0.25) is 0 Å². The van der Waals surface area contributed by atoms with E-state index in [1.54, 1.807) is 0 Å². The predicted molar refractivity (Wildman–Crippen MR) is 97.9 cm³/mol. The number of likely N-dealkylation sites (tertiary alicyclic amines) is 1. The van der Waals surface area contributed by atoms with E-state index in [2.05, 4.69) is 57.0 Å². The van der Waals surface area contributed by atoms with Gasteiger partial charge in [-0.15, -0.1) is 0 Å². The minimum absolute atomic E-state index is 0.723. The molecule has 0 N–H and O–H groups in total. The highest BCUT2D eigenvalue weighted by Crippen LogP contribution is 2.35. The molecule has 0 amide bonds. The van der Waals surface area contributed by atoms with Crippen LogP contribution in [0.5, 0.6) is 0 Å². The third-order valence-electron chi connectivity index (χ3n) is 5.65. The number of hydrogen-bond acceptors (Lipinski definition) is 3. The maximum atomic E-state index is 4.74. The van der Waals surface area contributed by atoms with E-state index in [-0.39, 0.29) is 0 Å². The summed E-state index contributed by atoms with van der Waals surface area (Å²) in [6.45, 7) is 4.45. The second-order valence-corrected chi connectivity index (χ2v) is 7.32. The van der Waals surface area contributed by atoms with Crippen LogP contribution in [-0.4, -0.2) is 32.5 Å². The molecule has 126 valence electrons. The molecule has 0 aliphatic carbocycles. The smallest absolute Gasteiger partial charge is 0.109 e. The maximum Gasteiger partial charge on any atom is 0.109 e. The highest BCUT2D eigenvalue weighted by atomic mass is 15.2. The maximum absolute atomic E-state index is 4.74. The zero-order chi connectivity index (χ0) is 16.6. The third-order valence-corrected chi connectivity index (χ3v) is 5.65. The average Bonchev–Trinajstić information content (AvgIpc) is 3.24. The van der Waals surface area contributed by atoms with E-state index < -0.39 is 0 Å². The lowest BCUT2D eigenvalue weighted by atomic mass is 9.89. The topological polar surface area (TPSA) is 34.0 Å². The molecule has 2 aliphatic rings. The van der Waals surface area contributed by atoms with Gasteiger partial charge in [0, 0.05) is 45.0 Å². The fourth-order valence-electron chi connectivity index (χ4n) is 4.44. The Kier molecular flexibility index (Phi) is 3.63. The van der Waals surface area contributed by atoms with Crippen molar-refractivity contribution in [2.45, 2.75) is 19.5 Å². The highest BCUT2D eigenvalue weighted by molar-refractivity contribution is 5.59. The molecule has 2 aromatic heterocycles. The van der Waals surface area contributed by atoms with Crippen LogP contribution in [0.25, 0.3) is 11.3 Å². The molecule has 4 heterocycles. The molecule has 5 rings (SSSR count). The number of hydrogen-bond donors (Lipinski definition) is 0. The van der Waals surface area contributed by atoms with Crippen LogP contribution < -0.4 is 0 Å². The van der Waals surface area contributed by atoms with Gasteiger partial charge >= 0.3 is 0 Å². The molecule has 1 aromatic carbocycles. The van der Waals surface area contributed by atoms with Crippen molar-refractivity contribution in [1.29, 1.82) is 0 Å². The predicted octanol–water partition coefficient (Wildman–Crippen LogP) is 3.25. The standard InChI is InChI=1S/C21H22N4/c1-2-6-17(7-3-1)20-11-23-21-9-18-13-24(14-19(18)15-25(20)21)12-16-5-4-8-22-10-16/h1-8,10-11,18-19H,9,12-15H2/t18-,19+/m1/s1. The van der Waals surface area contributed by atoms with Crippen molar-refractivity contribution in [1.82, 2.24) is 19.4 Å². The summed E-state index contributed by atoms with van der Waals surface area (Å²) in [5.74, 6) is 2.71. The number of fused-ring (bicyclic) bond motifs is 2. The van der Waals surface area contributed by atoms with Crippen molar-refractivity contribution in [3.8, 4) is 11.3 Å². The Hall–Kier alpha value is -2.46. The molecule has 0 unspecified atom stereocenters. The van der Waals surface area contributed by atoms with Gasteiger partial charge in [-0.3, -0.25) is 9.88 Å². The lowest BCUT2D eigenvalue weighted by molar-refractivity contribution is 0.307. The van der Waals surface area contributed by atoms with Crippen molar-refractivity contribution in [3.05, 3.63) is 72.4 Å². The number of pyridine rings is 1. The lowest BCUT2D eigenvalue weighted by Gasteiger charge is -2.27. The van der Waals surface area contributed by atoms with Crippen LogP contribution in [0.4, 0.5) is 0 Å². The van der Waals surface area contributed by atoms with Gasteiger partial charge in [0.1, 0.15) is 5.82 Å². The van der Waals surface area contributed by atoms with E-state index in [1.165, 1.54) is 35.7 Å². The summed E-state index contributed by atoms with van der Waals surface area (Å²) >= 11 is 0. The Balaban J connectivity index is 1.35. The molecule has 2 aliphatic heterocycles. The molecule has 1 fully saturated rings. The number of benzene rings is 1. The Morgan fingerprint density at radius 3 is 2.64 bits per heavy atom. The van der Waals surface area contributed by atoms with Gasteiger partial charge in [0.05, 0.1) is 11.9 Å². The van der Waals surface area contributed by atoms with Crippen molar-refractivity contribution in [2.24, 2.45) is 11.8 Å². The van der Waals surface area contributed by atoms with Crippen LogP contribution in [-0.2, 0) is 19.5 Å². The summed E-state index contributed by atoms with van der Waals surface area (Å²) in [6.07, 6.45) is 6.98. The molecule has 0 bridgehead atoms. The van der Waals surface area contributed by atoms with Gasteiger partial charge in [0.25, 0.3) is 0 Å². The number of nitrogens with zero attached hydrogens (tertiary/aromatic N) is 4. The SMILES string of the molecule is c1ccc(-c2cnc3n2C[C@@H]2CN(Cc4cccnc4)C[C@H]2C3)cc1. The van der Waals surface area contributed by atoms with Crippen molar-refractivity contribution < 1.29 is 0 Å². The zero-order valence-electron chi connectivity index (χ0n) is 14.3. The quantitative estimate of drug-likeness (QED) is 0.739. The summed E-state index contributed by atoms with van der Waals surface area (Å²) in [7, 11) is 0. The normalized spacial score (nSPS) is 22.6. The van der Waals surface area contributed by atoms with Crippen LogP contribution in [0.1, 0.15) is 11.4 Å². The number of aromatic nitrogens is 3. The van der Waals surface area contributed by atoms with E-state index in [0.29, 0.717) is 0 Å². The second-order valence-electron chi connectivity index (χ2n) is 7.32. The van der Waals surface area contributed by atoms with E-state index in [9.17, 15) is 0 Å². The van der Waals surface area contributed by atoms with E-state index in [0.717, 1.165) is 31.3 Å². The van der Waals surface area contributed by atoms with Gasteiger partial charge in [-0.1, -0.05) is 36.4 Å². The first-order valence-corrected chi connectivity index (χ1v) is 9.08. The lowest BCUT2D eigenvalue weighted by Crippen LogP contribution is -2.28. The first-order chi connectivity index (χ1) is 12.4. The van der Waals surface area contributed by atoms with Gasteiger partial charge in [-0.2, -0.15) is 0 Å². The minimum atomic E-state index is 0.723. The summed E-state index contributed by atoms with van der Waals surface area (Å²) < 4.78 is 2.45. The number of rotatable bonds is 3. The largest absolute Gasteiger partial charge is 0.328 e. The highest BCUT2D eigenvalue weighted by Gasteiger charge is 2.37. The summed E-state index contributed by atoms with van der Waals surface area (Å²) in [4.78, 5) is 11.6. The number of imidazole rings is 1. The molecule has 0 spiro atoms.